The molecule has 3 nitrogen and oxygen atoms in total. The average molecular weight is 252 g/mol. The first-order valence-electron chi connectivity index (χ1n) is 6.10. The van der Waals surface area contributed by atoms with E-state index in [4.69, 9.17) is 0 Å². The van der Waals surface area contributed by atoms with Gasteiger partial charge in [0.15, 0.2) is 0 Å². The predicted molar refractivity (Wildman–Crippen MR) is 71.2 cm³/mol. The molecule has 2 heterocycles. The van der Waals surface area contributed by atoms with Crippen molar-refractivity contribution in [3.63, 3.8) is 0 Å². The lowest BCUT2D eigenvalue weighted by molar-refractivity contribution is -0.122. The summed E-state index contributed by atoms with van der Waals surface area (Å²) >= 11 is 1.64. The standard InChI is InChI=1S/C13H20N2OS/c1-13(2)9-14-6-5-11(13)15-12(16)8-10-4-3-7-17-10/h3-4,7,11,14H,5-6,8-9H2,1-2H3,(H,15,16). The molecule has 1 fully saturated rings. The fourth-order valence-corrected chi connectivity index (χ4v) is 2.96. The Labute approximate surface area is 107 Å². The Morgan fingerprint density at radius 2 is 2.47 bits per heavy atom. The second-order valence-corrected chi connectivity index (χ2v) is 6.36. The Morgan fingerprint density at radius 3 is 3.12 bits per heavy atom. The average Bonchev–Trinajstić information content (AvgIpc) is 2.73. The number of nitrogens with one attached hydrogen (secondary N) is 2. The highest BCUT2D eigenvalue weighted by Crippen LogP contribution is 2.25. The van der Waals surface area contributed by atoms with Gasteiger partial charge in [-0.05, 0) is 29.8 Å². The molecular weight excluding hydrogens is 232 g/mol. The van der Waals surface area contributed by atoms with E-state index in [1.165, 1.54) is 0 Å². The molecule has 1 aliphatic heterocycles. The molecule has 1 aliphatic rings. The van der Waals surface area contributed by atoms with Crippen LogP contribution in [0.25, 0.3) is 0 Å². The van der Waals surface area contributed by atoms with Gasteiger partial charge in [-0.2, -0.15) is 0 Å². The number of carbonyl (C=O) groups excluding carboxylic acids is 1. The maximum Gasteiger partial charge on any atom is 0.225 e. The van der Waals surface area contributed by atoms with Gasteiger partial charge in [0.25, 0.3) is 0 Å². The highest BCUT2D eigenvalue weighted by molar-refractivity contribution is 7.10. The smallest absolute Gasteiger partial charge is 0.225 e. The van der Waals surface area contributed by atoms with Crippen molar-refractivity contribution in [2.24, 2.45) is 5.41 Å². The molecule has 17 heavy (non-hydrogen) atoms. The van der Waals surface area contributed by atoms with Crippen LogP contribution < -0.4 is 10.6 Å². The van der Waals surface area contributed by atoms with Crippen molar-refractivity contribution in [2.45, 2.75) is 32.7 Å². The van der Waals surface area contributed by atoms with Crippen LogP contribution in [0.5, 0.6) is 0 Å². The van der Waals surface area contributed by atoms with Crippen LogP contribution in [0, 0.1) is 5.41 Å². The quantitative estimate of drug-likeness (QED) is 0.861. The molecule has 4 heteroatoms. The van der Waals surface area contributed by atoms with E-state index in [0.29, 0.717) is 6.42 Å². The minimum Gasteiger partial charge on any atom is -0.352 e. The van der Waals surface area contributed by atoms with Crippen LogP contribution in [0.2, 0.25) is 0 Å². The van der Waals surface area contributed by atoms with Crippen molar-refractivity contribution in [3.05, 3.63) is 22.4 Å². The molecule has 1 unspecified atom stereocenters. The summed E-state index contributed by atoms with van der Waals surface area (Å²) in [6.07, 6.45) is 1.53. The summed E-state index contributed by atoms with van der Waals surface area (Å²) in [5.74, 6) is 0.146. The van der Waals surface area contributed by atoms with Crippen LogP contribution in [0.3, 0.4) is 0 Å². The summed E-state index contributed by atoms with van der Waals surface area (Å²) in [6, 6.07) is 4.29. The third-order valence-corrected chi connectivity index (χ3v) is 4.26. The van der Waals surface area contributed by atoms with Gasteiger partial charge in [-0.15, -0.1) is 11.3 Å². The third-order valence-electron chi connectivity index (χ3n) is 3.38. The summed E-state index contributed by atoms with van der Waals surface area (Å²) in [7, 11) is 0. The molecule has 2 rings (SSSR count). The van der Waals surface area contributed by atoms with Gasteiger partial charge in [-0.1, -0.05) is 19.9 Å². The molecule has 0 aromatic carbocycles. The minimum atomic E-state index is 0.142. The number of carbonyl (C=O) groups is 1. The minimum absolute atomic E-state index is 0.142. The van der Waals surface area contributed by atoms with Crippen LogP contribution in [-0.2, 0) is 11.2 Å². The van der Waals surface area contributed by atoms with Gasteiger partial charge in [0.05, 0.1) is 6.42 Å². The SMILES string of the molecule is CC1(C)CNCCC1NC(=O)Cc1cccs1. The van der Waals surface area contributed by atoms with E-state index in [-0.39, 0.29) is 17.4 Å². The van der Waals surface area contributed by atoms with E-state index < -0.39 is 0 Å². The molecule has 0 radical (unpaired) electrons. The molecule has 1 saturated heterocycles. The van der Waals surface area contributed by atoms with Crippen molar-refractivity contribution in [1.29, 1.82) is 0 Å². The van der Waals surface area contributed by atoms with Crippen LogP contribution in [0.1, 0.15) is 25.1 Å². The number of hydrogen-bond donors (Lipinski definition) is 2. The Hall–Kier alpha value is -0.870. The van der Waals surface area contributed by atoms with Crippen molar-refractivity contribution >= 4 is 17.2 Å². The summed E-state index contributed by atoms with van der Waals surface area (Å²) in [6.45, 7) is 6.37. The zero-order valence-corrected chi connectivity index (χ0v) is 11.3. The molecule has 0 bridgehead atoms. The lowest BCUT2D eigenvalue weighted by Crippen LogP contribution is -2.54. The second-order valence-electron chi connectivity index (χ2n) is 5.33. The largest absolute Gasteiger partial charge is 0.352 e. The predicted octanol–water partition coefficient (Wildman–Crippen LogP) is 1.79. The highest BCUT2D eigenvalue weighted by atomic mass is 32.1. The lowest BCUT2D eigenvalue weighted by atomic mass is 9.80. The summed E-state index contributed by atoms with van der Waals surface area (Å²) < 4.78 is 0. The van der Waals surface area contributed by atoms with E-state index in [1.807, 2.05) is 17.5 Å². The molecule has 1 amide bonds. The molecular formula is C13H20N2OS. The van der Waals surface area contributed by atoms with E-state index in [2.05, 4.69) is 24.5 Å². The number of rotatable bonds is 3. The van der Waals surface area contributed by atoms with Crippen LogP contribution >= 0.6 is 11.3 Å². The normalized spacial score (nSPS) is 23.3. The third kappa shape index (κ3) is 3.30. The van der Waals surface area contributed by atoms with Crippen molar-refractivity contribution in [2.75, 3.05) is 13.1 Å². The van der Waals surface area contributed by atoms with E-state index in [0.717, 1.165) is 24.4 Å². The van der Waals surface area contributed by atoms with Gasteiger partial charge in [-0.3, -0.25) is 4.79 Å². The summed E-state index contributed by atoms with van der Waals surface area (Å²) in [4.78, 5) is 13.1. The van der Waals surface area contributed by atoms with Gasteiger partial charge in [0.1, 0.15) is 0 Å². The number of hydrogen-bond acceptors (Lipinski definition) is 3. The van der Waals surface area contributed by atoms with Crippen LogP contribution in [0.15, 0.2) is 17.5 Å². The van der Waals surface area contributed by atoms with Crippen molar-refractivity contribution in [1.82, 2.24) is 10.6 Å². The molecule has 2 N–H and O–H groups in total. The molecule has 0 spiro atoms. The monoisotopic (exact) mass is 252 g/mol. The number of piperidine rings is 1. The van der Waals surface area contributed by atoms with Gasteiger partial charge >= 0.3 is 0 Å². The Morgan fingerprint density at radius 1 is 1.65 bits per heavy atom. The van der Waals surface area contributed by atoms with Crippen molar-refractivity contribution < 1.29 is 4.79 Å². The van der Waals surface area contributed by atoms with Crippen LogP contribution in [-0.4, -0.2) is 25.0 Å². The van der Waals surface area contributed by atoms with Gasteiger partial charge in [0.2, 0.25) is 5.91 Å². The fourth-order valence-electron chi connectivity index (χ4n) is 2.26. The second kappa shape index (κ2) is 5.19. The first-order chi connectivity index (χ1) is 8.08. The zero-order valence-electron chi connectivity index (χ0n) is 10.5. The molecule has 1 aromatic heterocycles. The molecule has 0 saturated carbocycles. The van der Waals surface area contributed by atoms with Crippen molar-refractivity contribution in [3.8, 4) is 0 Å². The number of amides is 1. The fraction of sp³-hybridized carbons (Fsp3) is 0.615. The summed E-state index contributed by atoms with van der Waals surface area (Å²) in [5, 5.41) is 8.56. The first kappa shape index (κ1) is 12.6. The maximum absolute atomic E-state index is 11.9. The van der Waals surface area contributed by atoms with Crippen LogP contribution in [0.4, 0.5) is 0 Å². The number of thiophene rings is 1. The van der Waals surface area contributed by atoms with Gasteiger partial charge in [0, 0.05) is 17.5 Å². The van der Waals surface area contributed by atoms with Gasteiger partial charge < -0.3 is 10.6 Å². The zero-order chi connectivity index (χ0) is 12.3. The van der Waals surface area contributed by atoms with E-state index in [1.54, 1.807) is 11.3 Å². The highest BCUT2D eigenvalue weighted by Gasteiger charge is 2.32. The van der Waals surface area contributed by atoms with Gasteiger partial charge in [-0.25, -0.2) is 0 Å². The Bertz CT molecular complexity index is 373. The lowest BCUT2D eigenvalue weighted by Gasteiger charge is -2.39. The Kier molecular flexibility index (Phi) is 3.84. The molecule has 1 aromatic rings. The molecule has 94 valence electrons. The maximum atomic E-state index is 11.9. The Balaban J connectivity index is 1.89. The summed E-state index contributed by atoms with van der Waals surface area (Å²) in [5.41, 5.74) is 0.142. The molecule has 1 atom stereocenters. The van der Waals surface area contributed by atoms with E-state index in [9.17, 15) is 4.79 Å². The topological polar surface area (TPSA) is 41.1 Å². The van der Waals surface area contributed by atoms with E-state index >= 15 is 0 Å². The first-order valence-corrected chi connectivity index (χ1v) is 6.98. The molecule has 0 aliphatic carbocycles.